The number of benzene rings is 1. The van der Waals surface area contributed by atoms with Gasteiger partial charge in [-0.25, -0.2) is 0 Å². The molecule has 1 aromatic heterocycles. The number of anilines is 1. The summed E-state index contributed by atoms with van der Waals surface area (Å²) in [4.78, 5) is 5.07. The molecule has 7 heteroatoms. The summed E-state index contributed by atoms with van der Waals surface area (Å²) in [5.74, 6) is 1.08. The van der Waals surface area contributed by atoms with Gasteiger partial charge in [0.1, 0.15) is 5.75 Å². The molecule has 0 saturated carbocycles. The first-order valence-corrected chi connectivity index (χ1v) is 11.6. The Kier molecular flexibility index (Phi) is 5.52. The van der Waals surface area contributed by atoms with E-state index >= 15 is 0 Å². The number of phenols is 1. The van der Waals surface area contributed by atoms with Gasteiger partial charge < -0.3 is 19.6 Å². The van der Waals surface area contributed by atoms with Crippen LogP contribution in [0.4, 0.5) is 5.82 Å². The number of ether oxygens (including phenoxy) is 1. The van der Waals surface area contributed by atoms with E-state index in [4.69, 9.17) is 10.00 Å². The molecule has 168 valence electrons. The van der Waals surface area contributed by atoms with E-state index in [9.17, 15) is 5.11 Å². The molecular formula is C25H31N5O2. The van der Waals surface area contributed by atoms with Crippen LogP contribution in [0, 0.1) is 23.7 Å². The van der Waals surface area contributed by atoms with E-state index in [1.54, 1.807) is 6.07 Å². The van der Waals surface area contributed by atoms with Crippen LogP contribution in [0.5, 0.6) is 5.75 Å². The Morgan fingerprint density at radius 2 is 2.06 bits per heavy atom. The number of fused-ring (bicyclic) bond motifs is 1. The second kappa shape index (κ2) is 8.34. The molecule has 1 N–H and O–H groups in total. The highest BCUT2D eigenvalue weighted by Crippen LogP contribution is 2.36. The molecule has 2 saturated heterocycles. The third-order valence-electron chi connectivity index (χ3n) is 7.10. The van der Waals surface area contributed by atoms with Gasteiger partial charge in [-0.1, -0.05) is 6.92 Å². The maximum absolute atomic E-state index is 10.5. The molecule has 0 bridgehead atoms. The summed E-state index contributed by atoms with van der Waals surface area (Å²) in [5.41, 5.74) is 4.12. The molecule has 1 unspecified atom stereocenters. The van der Waals surface area contributed by atoms with Crippen molar-refractivity contribution in [2.75, 3.05) is 44.3 Å². The maximum Gasteiger partial charge on any atom is 0.154 e. The van der Waals surface area contributed by atoms with Gasteiger partial charge in [-0.2, -0.15) is 5.26 Å². The van der Waals surface area contributed by atoms with Crippen LogP contribution in [-0.2, 0) is 11.2 Å². The fourth-order valence-corrected chi connectivity index (χ4v) is 5.55. The van der Waals surface area contributed by atoms with Crippen LogP contribution >= 0.6 is 0 Å². The molecule has 7 nitrogen and oxygen atoms in total. The second-order valence-electron chi connectivity index (χ2n) is 10.0. The van der Waals surface area contributed by atoms with Gasteiger partial charge in [0, 0.05) is 36.7 Å². The Morgan fingerprint density at radius 1 is 1.22 bits per heavy atom. The zero-order chi connectivity index (χ0) is 22.3. The Hall–Kier alpha value is -2.69. The van der Waals surface area contributed by atoms with Crippen molar-refractivity contribution >= 4 is 5.82 Å². The molecule has 4 heterocycles. The van der Waals surface area contributed by atoms with Crippen LogP contribution in [0.3, 0.4) is 0 Å². The Bertz CT molecular complexity index is 1040. The van der Waals surface area contributed by atoms with Gasteiger partial charge >= 0.3 is 0 Å². The molecule has 5 rings (SSSR count). The second-order valence-corrected chi connectivity index (χ2v) is 10.0. The average Bonchev–Trinajstić information content (AvgIpc) is 2.77. The lowest BCUT2D eigenvalue weighted by molar-refractivity contribution is -0.117. The van der Waals surface area contributed by atoms with E-state index in [1.165, 1.54) is 24.5 Å². The van der Waals surface area contributed by atoms with Crippen LogP contribution in [-0.4, -0.2) is 65.6 Å². The highest BCUT2D eigenvalue weighted by molar-refractivity contribution is 5.73. The normalized spacial score (nSPS) is 22.7. The van der Waals surface area contributed by atoms with E-state index < -0.39 is 0 Å². The summed E-state index contributed by atoms with van der Waals surface area (Å²) < 4.78 is 5.46. The highest BCUT2D eigenvalue weighted by atomic mass is 16.5. The van der Waals surface area contributed by atoms with Gasteiger partial charge in [0.2, 0.25) is 0 Å². The van der Waals surface area contributed by atoms with Crippen LogP contribution in [0.15, 0.2) is 18.2 Å². The number of nitrogens with zero attached hydrogens (tertiary/aromatic N) is 5. The minimum absolute atomic E-state index is 0.0832. The van der Waals surface area contributed by atoms with Gasteiger partial charge in [-0.05, 0) is 68.5 Å². The predicted octanol–water partition coefficient (Wildman–Crippen LogP) is 3.28. The van der Waals surface area contributed by atoms with Gasteiger partial charge in [0.05, 0.1) is 30.5 Å². The first-order chi connectivity index (χ1) is 15.5. The van der Waals surface area contributed by atoms with Gasteiger partial charge in [0.15, 0.2) is 5.82 Å². The SMILES string of the molecule is Cc1cc(C#N)cc(O)c1-c1cc2c(nn1)N(C1CCCN(CC3(C)COC3)C1)CCC2. The number of likely N-dealkylation sites (tertiary alicyclic amines) is 1. The van der Waals surface area contributed by atoms with Crippen molar-refractivity contribution < 1.29 is 9.84 Å². The number of aromatic nitrogens is 2. The molecule has 32 heavy (non-hydrogen) atoms. The number of aryl methyl sites for hydroxylation is 2. The summed E-state index contributed by atoms with van der Waals surface area (Å²) in [5, 5.41) is 28.9. The van der Waals surface area contributed by atoms with Gasteiger partial charge in [-0.3, -0.25) is 0 Å². The van der Waals surface area contributed by atoms with Crippen molar-refractivity contribution in [3.05, 3.63) is 34.9 Å². The first kappa shape index (κ1) is 21.2. The third-order valence-corrected chi connectivity index (χ3v) is 7.10. The quantitative estimate of drug-likeness (QED) is 0.792. The van der Waals surface area contributed by atoms with Crippen molar-refractivity contribution in [3.63, 3.8) is 0 Å². The summed E-state index contributed by atoms with van der Waals surface area (Å²) in [6.45, 7) is 10.3. The van der Waals surface area contributed by atoms with Crippen molar-refractivity contribution in [2.24, 2.45) is 5.41 Å². The van der Waals surface area contributed by atoms with E-state index in [1.807, 2.05) is 6.92 Å². The largest absolute Gasteiger partial charge is 0.507 e. The lowest BCUT2D eigenvalue weighted by atomic mass is 9.87. The Balaban J connectivity index is 1.38. The number of aromatic hydroxyl groups is 1. The fraction of sp³-hybridized carbons (Fsp3) is 0.560. The van der Waals surface area contributed by atoms with Crippen molar-refractivity contribution in [3.8, 4) is 23.1 Å². The van der Waals surface area contributed by atoms with Crippen LogP contribution in [0.2, 0.25) is 0 Å². The molecule has 0 radical (unpaired) electrons. The first-order valence-electron chi connectivity index (χ1n) is 11.6. The van der Waals surface area contributed by atoms with E-state index in [0.29, 0.717) is 28.3 Å². The summed E-state index contributed by atoms with van der Waals surface area (Å²) in [7, 11) is 0. The molecular weight excluding hydrogens is 402 g/mol. The summed E-state index contributed by atoms with van der Waals surface area (Å²) in [6.07, 6.45) is 4.45. The number of nitriles is 1. The Labute approximate surface area is 189 Å². The molecule has 2 fully saturated rings. The highest BCUT2D eigenvalue weighted by Gasteiger charge is 2.37. The monoisotopic (exact) mass is 433 g/mol. The van der Waals surface area contributed by atoms with E-state index in [-0.39, 0.29) is 5.75 Å². The molecule has 3 aliphatic heterocycles. The van der Waals surface area contributed by atoms with Crippen LogP contribution in [0.25, 0.3) is 11.3 Å². The molecule has 1 aromatic carbocycles. The molecule has 0 aliphatic carbocycles. The molecule has 2 aromatic rings. The van der Waals surface area contributed by atoms with Crippen molar-refractivity contribution in [1.82, 2.24) is 15.1 Å². The smallest absolute Gasteiger partial charge is 0.154 e. The van der Waals surface area contributed by atoms with Crippen molar-refractivity contribution in [2.45, 2.75) is 45.6 Å². The maximum atomic E-state index is 10.5. The molecule has 3 aliphatic rings. The lowest BCUT2D eigenvalue weighted by Crippen LogP contribution is -2.55. The average molecular weight is 434 g/mol. The standard InChI is InChI=1S/C25H31N5O2/c1-17-9-18(12-26)10-22(31)23(17)21-11-19-5-3-8-30(24(19)28-27-21)20-6-4-7-29(13-20)14-25(2)15-32-16-25/h9-11,20,31H,3-8,13-16H2,1-2H3. The lowest BCUT2D eigenvalue weighted by Gasteiger charge is -2.46. The van der Waals surface area contributed by atoms with Crippen LogP contribution in [0.1, 0.15) is 42.9 Å². The Morgan fingerprint density at radius 3 is 2.78 bits per heavy atom. The summed E-state index contributed by atoms with van der Waals surface area (Å²) in [6, 6.07) is 7.91. The number of hydrogen-bond donors (Lipinski definition) is 1. The van der Waals surface area contributed by atoms with Crippen LogP contribution < -0.4 is 4.90 Å². The van der Waals surface area contributed by atoms with Crippen molar-refractivity contribution in [1.29, 1.82) is 5.26 Å². The minimum Gasteiger partial charge on any atom is -0.507 e. The van der Waals surface area contributed by atoms with Gasteiger partial charge in [0.25, 0.3) is 0 Å². The van der Waals surface area contributed by atoms with E-state index in [2.05, 4.69) is 39.1 Å². The topological polar surface area (TPSA) is 85.5 Å². The molecule has 0 amide bonds. The number of piperidine rings is 1. The number of hydrogen-bond acceptors (Lipinski definition) is 7. The number of phenolic OH excluding ortho intramolecular Hbond substituents is 1. The summed E-state index contributed by atoms with van der Waals surface area (Å²) >= 11 is 0. The zero-order valence-corrected chi connectivity index (χ0v) is 19.0. The fourth-order valence-electron chi connectivity index (χ4n) is 5.55. The van der Waals surface area contributed by atoms with E-state index in [0.717, 1.165) is 63.6 Å². The predicted molar refractivity (Wildman–Crippen MR) is 123 cm³/mol. The molecule has 1 atom stereocenters. The van der Waals surface area contributed by atoms with Gasteiger partial charge in [-0.15, -0.1) is 10.2 Å². The number of rotatable bonds is 4. The minimum atomic E-state index is 0.0832. The zero-order valence-electron chi connectivity index (χ0n) is 19.0. The third kappa shape index (κ3) is 3.94. The molecule has 0 spiro atoms.